The molecular formula is C13H13NO2S. The molecule has 0 saturated heterocycles. The molecule has 0 aliphatic rings. The molecule has 0 fully saturated rings. The standard InChI is InChI=1S/C13H13NO2S/c1-9-4-6-10(7-5-9)14-12(13(15)16)11-3-2-8-17-11/h2-8,12,14H,1H3,(H,15,16). The number of carbonyl (C=O) groups is 1. The summed E-state index contributed by atoms with van der Waals surface area (Å²) in [6, 6.07) is 10.7. The van der Waals surface area contributed by atoms with Crippen LogP contribution in [0.15, 0.2) is 41.8 Å². The Morgan fingerprint density at radius 3 is 2.53 bits per heavy atom. The normalized spacial score (nSPS) is 12.1. The Morgan fingerprint density at radius 2 is 2.00 bits per heavy atom. The van der Waals surface area contributed by atoms with E-state index >= 15 is 0 Å². The van der Waals surface area contributed by atoms with Gasteiger partial charge >= 0.3 is 5.97 Å². The van der Waals surface area contributed by atoms with E-state index < -0.39 is 12.0 Å². The van der Waals surface area contributed by atoms with Crippen molar-refractivity contribution >= 4 is 23.0 Å². The number of rotatable bonds is 4. The molecule has 0 amide bonds. The molecule has 2 N–H and O–H groups in total. The first-order valence-electron chi connectivity index (χ1n) is 5.26. The molecule has 1 heterocycles. The molecule has 3 nitrogen and oxygen atoms in total. The molecule has 0 aliphatic heterocycles. The van der Waals surface area contributed by atoms with Gasteiger partial charge in [-0.2, -0.15) is 0 Å². The van der Waals surface area contributed by atoms with Gasteiger partial charge in [0.05, 0.1) is 0 Å². The lowest BCUT2D eigenvalue weighted by atomic mass is 10.2. The number of aryl methyl sites for hydroxylation is 1. The van der Waals surface area contributed by atoms with Crippen LogP contribution in [0.5, 0.6) is 0 Å². The fourth-order valence-electron chi connectivity index (χ4n) is 1.53. The van der Waals surface area contributed by atoms with Crippen molar-refractivity contribution in [3.63, 3.8) is 0 Å². The van der Waals surface area contributed by atoms with E-state index in [4.69, 9.17) is 0 Å². The van der Waals surface area contributed by atoms with Crippen LogP contribution in [0.1, 0.15) is 16.5 Å². The van der Waals surface area contributed by atoms with E-state index in [0.717, 1.165) is 16.1 Å². The van der Waals surface area contributed by atoms with Gasteiger partial charge in [0.2, 0.25) is 0 Å². The van der Waals surface area contributed by atoms with Crippen molar-refractivity contribution < 1.29 is 9.90 Å². The summed E-state index contributed by atoms with van der Waals surface area (Å²) >= 11 is 1.44. The first-order chi connectivity index (χ1) is 8.16. The minimum absolute atomic E-state index is 0.683. The van der Waals surface area contributed by atoms with Crippen LogP contribution in [0.3, 0.4) is 0 Å². The van der Waals surface area contributed by atoms with E-state index in [9.17, 15) is 9.90 Å². The van der Waals surface area contributed by atoms with Gasteiger partial charge in [-0.15, -0.1) is 11.3 Å². The van der Waals surface area contributed by atoms with Gasteiger partial charge in [-0.25, -0.2) is 4.79 Å². The number of carboxylic acid groups (broad SMARTS) is 1. The second-order valence-corrected chi connectivity index (χ2v) is 4.78. The molecule has 2 aromatic rings. The summed E-state index contributed by atoms with van der Waals surface area (Å²) in [6.07, 6.45) is 0. The zero-order chi connectivity index (χ0) is 12.3. The minimum atomic E-state index is -0.868. The second kappa shape index (κ2) is 5.01. The van der Waals surface area contributed by atoms with Gasteiger partial charge in [0.15, 0.2) is 6.04 Å². The van der Waals surface area contributed by atoms with Crippen LogP contribution in [0, 0.1) is 6.92 Å². The Morgan fingerprint density at radius 1 is 1.29 bits per heavy atom. The average Bonchev–Trinajstić information content (AvgIpc) is 2.81. The third-order valence-corrected chi connectivity index (χ3v) is 3.37. The highest BCUT2D eigenvalue weighted by molar-refractivity contribution is 7.10. The summed E-state index contributed by atoms with van der Waals surface area (Å²) < 4.78 is 0. The number of hydrogen-bond acceptors (Lipinski definition) is 3. The number of thiophene rings is 1. The van der Waals surface area contributed by atoms with E-state index in [1.165, 1.54) is 11.3 Å². The highest BCUT2D eigenvalue weighted by atomic mass is 32.1. The maximum absolute atomic E-state index is 11.2. The van der Waals surface area contributed by atoms with Crippen molar-refractivity contribution in [2.75, 3.05) is 5.32 Å². The summed E-state index contributed by atoms with van der Waals surface area (Å²) in [5, 5.41) is 14.1. The van der Waals surface area contributed by atoms with Crippen molar-refractivity contribution in [1.29, 1.82) is 0 Å². The molecule has 88 valence electrons. The molecule has 1 aromatic carbocycles. The first kappa shape index (κ1) is 11.7. The van der Waals surface area contributed by atoms with Crippen molar-refractivity contribution in [3.05, 3.63) is 52.2 Å². The predicted molar refractivity (Wildman–Crippen MR) is 69.5 cm³/mol. The average molecular weight is 247 g/mol. The molecule has 1 atom stereocenters. The Labute approximate surface area is 104 Å². The number of aliphatic carboxylic acids is 1. The van der Waals surface area contributed by atoms with Crippen LogP contribution in [0.4, 0.5) is 5.69 Å². The fourth-order valence-corrected chi connectivity index (χ4v) is 2.29. The Kier molecular flexibility index (Phi) is 3.44. The molecule has 0 saturated carbocycles. The zero-order valence-electron chi connectivity index (χ0n) is 9.38. The van der Waals surface area contributed by atoms with Crippen LogP contribution < -0.4 is 5.32 Å². The van der Waals surface area contributed by atoms with Gasteiger partial charge < -0.3 is 10.4 Å². The monoisotopic (exact) mass is 247 g/mol. The summed E-state index contributed by atoms with van der Waals surface area (Å²) in [5.41, 5.74) is 1.97. The van der Waals surface area contributed by atoms with Crippen molar-refractivity contribution in [2.45, 2.75) is 13.0 Å². The van der Waals surface area contributed by atoms with E-state index in [2.05, 4.69) is 5.32 Å². The van der Waals surface area contributed by atoms with Crippen LogP contribution in [0.25, 0.3) is 0 Å². The van der Waals surface area contributed by atoms with Crippen LogP contribution >= 0.6 is 11.3 Å². The van der Waals surface area contributed by atoms with Gasteiger partial charge in [0.25, 0.3) is 0 Å². The third-order valence-electron chi connectivity index (χ3n) is 2.44. The number of anilines is 1. The van der Waals surface area contributed by atoms with Gasteiger partial charge in [-0.1, -0.05) is 23.8 Å². The maximum atomic E-state index is 11.2. The van der Waals surface area contributed by atoms with Gasteiger partial charge in [0.1, 0.15) is 0 Å². The van der Waals surface area contributed by atoms with Gasteiger partial charge in [0, 0.05) is 10.6 Å². The fraction of sp³-hybridized carbons (Fsp3) is 0.154. The Hall–Kier alpha value is -1.81. The lowest BCUT2D eigenvalue weighted by Crippen LogP contribution is -2.19. The van der Waals surface area contributed by atoms with E-state index in [-0.39, 0.29) is 0 Å². The molecule has 0 spiro atoms. The quantitative estimate of drug-likeness (QED) is 0.871. The molecule has 2 rings (SSSR count). The van der Waals surface area contributed by atoms with Crippen LogP contribution in [-0.4, -0.2) is 11.1 Å². The van der Waals surface area contributed by atoms with E-state index in [0.29, 0.717) is 0 Å². The van der Waals surface area contributed by atoms with Crippen molar-refractivity contribution in [3.8, 4) is 0 Å². The predicted octanol–water partition coefficient (Wildman–Crippen LogP) is 3.29. The molecular weight excluding hydrogens is 234 g/mol. The minimum Gasteiger partial charge on any atom is -0.479 e. The van der Waals surface area contributed by atoms with Crippen molar-refractivity contribution in [2.24, 2.45) is 0 Å². The molecule has 0 radical (unpaired) electrons. The Bertz CT molecular complexity index is 491. The smallest absolute Gasteiger partial charge is 0.331 e. The topological polar surface area (TPSA) is 49.3 Å². The largest absolute Gasteiger partial charge is 0.479 e. The van der Waals surface area contributed by atoms with Crippen molar-refractivity contribution in [1.82, 2.24) is 0 Å². The zero-order valence-corrected chi connectivity index (χ0v) is 10.2. The first-order valence-corrected chi connectivity index (χ1v) is 6.14. The SMILES string of the molecule is Cc1ccc(NC(C(=O)O)c2cccs2)cc1. The number of hydrogen-bond donors (Lipinski definition) is 2. The summed E-state index contributed by atoms with van der Waals surface area (Å²) in [5.74, 6) is -0.868. The number of carboxylic acids is 1. The van der Waals surface area contributed by atoms with E-state index in [1.807, 2.05) is 48.7 Å². The van der Waals surface area contributed by atoms with Gasteiger partial charge in [-0.05, 0) is 30.5 Å². The molecule has 0 bridgehead atoms. The lowest BCUT2D eigenvalue weighted by Gasteiger charge is -2.14. The number of nitrogens with one attached hydrogen (secondary N) is 1. The summed E-state index contributed by atoms with van der Waals surface area (Å²) in [6.45, 7) is 2.00. The highest BCUT2D eigenvalue weighted by Crippen LogP contribution is 2.24. The van der Waals surface area contributed by atoms with Gasteiger partial charge in [-0.3, -0.25) is 0 Å². The summed E-state index contributed by atoms with van der Waals surface area (Å²) in [4.78, 5) is 12.0. The molecule has 1 unspecified atom stereocenters. The molecule has 0 aliphatic carbocycles. The molecule has 4 heteroatoms. The third kappa shape index (κ3) is 2.85. The lowest BCUT2D eigenvalue weighted by molar-refractivity contribution is -0.138. The maximum Gasteiger partial charge on any atom is 0.331 e. The Balaban J connectivity index is 2.19. The molecule has 17 heavy (non-hydrogen) atoms. The summed E-state index contributed by atoms with van der Waals surface area (Å²) in [7, 11) is 0. The molecule has 1 aromatic heterocycles. The van der Waals surface area contributed by atoms with Crippen LogP contribution in [-0.2, 0) is 4.79 Å². The number of benzene rings is 1. The highest BCUT2D eigenvalue weighted by Gasteiger charge is 2.20. The van der Waals surface area contributed by atoms with Crippen LogP contribution in [0.2, 0.25) is 0 Å². The second-order valence-electron chi connectivity index (χ2n) is 3.80. The van der Waals surface area contributed by atoms with E-state index in [1.54, 1.807) is 0 Å².